The van der Waals surface area contributed by atoms with Crippen molar-refractivity contribution in [1.29, 1.82) is 0 Å². The molecule has 0 spiro atoms. The molecule has 1 rings (SSSR count). The van der Waals surface area contributed by atoms with Gasteiger partial charge in [-0.05, 0) is 18.2 Å². The Morgan fingerprint density at radius 1 is 1.44 bits per heavy atom. The summed E-state index contributed by atoms with van der Waals surface area (Å²) < 4.78 is 25.1. The molecular formula is C10H14N2O5S. The highest BCUT2D eigenvalue weighted by molar-refractivity contribution is 7.89. The van der Waals surface area contributed by atoms with Crippen molar-refractivity contribution in [2.24, 2.45) is 0 Å². The molecule has 0 heterocycles. The molecular weight excluding hydrogens is 260 g/mol. The molecule has 8 heteroatoms. The minimum Gasteiger partial charge on any atom is -0.478 e. The summed E-state index contributed by atoms with van der Waals surface area (Å²) in [5.41, 5.74) is 5.27. The van der Waals surface area contributed by atoms with E-state index in [0.717, 1.165) is 16.4 Å². The third kappa shape index (κ3) is 2.78. The molecule has 1 aromatic rings. The third-order valence-corrected chi connectivity index (χ3v) is 4.24. The van der Waals surface area contributed by atoms with Crippen LogP contribution in [0.4, 0.5) is 5.69 Å². The molecule has 0 saturated carbocycles. The van der Waals surface area contributed by atoms with E-state index in [4.69, 9.17) is 15.9 Å². The number of anilines is 1. The topological polar surface area (TPSA) is 121 Å². The van der Waals surface area contributed by atoms with Crippen LogP contribution in [0.25, 0.3) is 0 Å². The van der Waals surface area contributed by atoms with Crippen molar-refractivity contribution in [1.82, 2.24) is 4.31 Å². The zero-order valence-corrected chi connectivity index (χ0v) is 10.5. The molecule has 0 fully saturated rings. The van der Waals surface area contributed by atoms with Crippen LogP contribution in [0.3, 0.4) is 0 Å². The fourth-order valence-electron chi connectivity index (χ4n) is 1.36. The fourth-order valence-corrected chi connectivity index (χ4v) is 2.73. The molecule has 0 aliphatic heterocycles. The van der Waals surface area contributed by atoms with Gasteiger partial charge in [0.25, 0.3) is 0 Å². The lowest BCUT2D eigenvalue weighted by atomic mass is 10.2. The minimum atomic E-state index is -3.99. The smallest absolute Gasteiger partial charge is 0.337 e. The molecule has 0 atom stereocenters. The molecule has 0 aliphatic carbocycles. The summed E-state index contributed by atoms with van der Waals surface area (Å²) >= 11 is 0. The van der Waals surface area contributed by atoms with Gasteiger partial charge >= 0.3 is 5.97 Å². The maximum absolute atomic E-state index is 12.1. The van der Waals surface area contributed by atoms with E-state index in [9.17, 15) is 13.2 Å². The van der Waals surface area contributed by atoms with E-state index in [1.54, 1.807) is 0 Å². The highest BCUT2D eigenvalue weighted by Gasteiger charge is 2.26. The Morgan fingerprint density at radius 3 is 2.56 bits per heavy atom. The van der Waals surface area contributed by atoms with Crippen LogP contribution in [0, 0.1) is 0 Å². The van der Waals surface area contributed by atoms with Gasteiger partial charge in [0, 0.05) is 19.3 Å². The Labute approximate surface area is 105 Å². The predicted molar refractivity (Wildman–Crippen MR) is 64.7 cm³/mol. The van der Waals surface area contributed by atoms with E-state index < -0.39 is 16.0 Å². The number of nitrogens with two attached hydrogens (primary N) is 1. The first kappa shape index (κ1) is 14.4. The molecule has 0 radical (unpaired) electrons. The summed E-state index contributed by atoms with van der Waals surface area (Å²) in [6.07, 6.45) is 0. The zero-order chi connectivity index (χ0) is 13.9. The fraction of sp³-hybridized carbons (Fsp3) is 0.300. The summed E-state index contributed by atoms with van der Waals surface area (Å²) in [5, 5.41) is 17.7. The van der Waals surface area contributed by atoms with Crippen LogP contribution in [0.5, 0.6) is 0 Å². The highest BCUT2D eigenvalue weighted by atomic mass is 32.2. The van der Waals surface area contributed by atoms with Gasteiger partial charge < -0.3 is 15.9 Å². The summed E-state index contributed by atoms with van der Waals surface area (Å²) in [6.45, 7) is -0.489. The van der Waals surface area contributed by atoms with Crippen molar-refractivity contribution < 1.29 is 23.4 Å². The van der Waals surface area contributed by atoms with Crippen molar-refractivity contribution in [3.05, 3.63) is 23.8 Å². The summed E-state index contributed by atoms with van der Waals surface area (Å²) in [7, 11) is -2.74. The summed E-state index contributed by atoms with van der Waals surface area (Å²) in [5.74, 6) is -1.36. The van der Waals surface area contributed by atoms with Crippen molar-refractivity contribution in [2.45, 2.75) is 4.90 Å². The van der Waals surface area contributed by atoms with E-state index in [1.807, 2.05) is 0 Å². The number of aromatic carboxylic acids is 1. The number of rotatable bonds is 5. The third-order valence-electron chi connectivity index (χ3n) is 2.34. The number of sulfonamides is 1. The number of aliphatic hydroxyl groups is 1. The molecule has 1 aromatic carbocycles. The van der Waals surface area contributed by atoms with Crippen LogP contribution in [0.1, 0.15) is 10.4 Å². The van der Waals surface area contributed by atoms with Gasteiger partial charge in [0.1, 0.15) is 0 Å². The van der Waals surface area contributed by atoms with Crippen LogP contribution in [-0.4, -0.2) is 49.1 Å². The number of carboxylic acid groups (broad SMARTS) is 1. The average Bonchev–Trinajstić information content (AvgIpc) is 2.28. The summed E-state index contributed by atoms with van der Waals surface area (Å²) in [4.78, 5) is 10.6. The number of nitrogens with zero attached hydrogens (tertiary/aromatic N) is 1. The Balaban J connectivity index is 3.39. The Morgan fingerprint density at radius 2 is 2.06 bits per heavy atom. The standard InChI is InChI=1S/C10H14N2O5S/c1-12(4-5-13)18(16,17)9-6-7(11)2-3-8(9)10(14)15/h2-3,6,13H,4-5,11H2,1H3,(H,14,15). The molecule has 0 aromatic heterocycles. The van der Waals surface area contributed by atoms with E-state index in [1.165, 1.54) is 13.1 Å². The highest BCUT2D eigenvalue weighted by Crippen LogP contribution is 2.22. The number of carbonyl (C=O) groups is 1. The molecule has 0 bridgehead atoms. The minimum absolute atomic E-state index is 0.129. The maximum Gasteiger partial charge on any atom is 0.337 e. The van der Waals surface area contributed by atoms with Crippen LogP contribution in [-0.2, 0) is 10.0 Å². The lowest BCUT2D eigenvalue weighted by molar-refractivity contribution is 0.0692. The quantitative estimate of drug-likeness (QED) is 0.627. The van der Waals surface area contributed by atoms with Gasteiger partial charge in [0.15, 0.2) is 0 Å². The van der Waals surface area contributed by atoms with Crippen LogP contribution >= 0.6 is 0 Å². The zero-order valence-electron chi connectivity index (χ0n) is 9.70. The van der Waals surface area contributed by atoms with E-state index >= 15 is 0 Å². The van der Waals surface area contributed by atoms with Crippen LogP contribution in [0.2, 0.25) is 0 Å². The van der Waals surface area contributed by atoms with Gasteiger partial charge in [-0.3, -0.25) is 0 Å². The first-order valence-electron chi connectivity index (χ1n) is 5.00. The molecule has 100 valence electrons. The number of benzene rings is 1. The second kappa shape index (κ2) is 5.34. The summed E-state index contributed by atoms with van der Waals surface area (Å²) in [6, 6.07) is 3.54. The SMILES string of the molecule is CN(CCO)S(=O)(=O)c1cc(N)ccc1C(=O)O. The van der Waals surface area contributed by atoms with E-state index in [0.29, 0.717) is 0 Å². The second-order valence-corrected chi connectivity index (χ2v) is 5.62. The molecule has 7 nitrogen and oxygen atoms in total. The number of likely N-dealkylation sites (N-methyl/N-ethyl adjacent to an activating group) is 1. The van der Waals surface area contributed by atoms with Gasteiger partial charge in [0.05, 0.1) is 17.1 Å². The molecule has 0 saturated heterocycles. The number of hydrogen-bond acceptors (Lipinski definition) is 5. The molecule has 0 amide bonds. The second-order valence-electron chi connectivity index (χ2n) is 3.61. The number of aliphatic hydroxyl groups excluding tert-OH is 1. The first-order valence-corrected chi connectivity index (χ1v) is 6.44. The maximum atomic E-state index is 12.1. The van der Waals surface area contributed by atoms with Crippen molar-refractivity contribution in [2.75, 3.05) is 25.9 Å². The van der Waals surface area contributed by atoms with E-state index in [2.05, 4.69) is 0 Å². The predicted octanol–water partition coefficient (Wildman–Crippen LogP) is -0.420. The first-order chi connectivity index (χ1) is 8.30. The number of carboxylic acids is 1. The Bertz CT molecular complexity index is 555. The number of hydrogen-bond donors (Lipinski definition) is 3. The average molecular weight is 274 g/mol. The van der Waals surface area contributed by atoms with Crippen LogP contribution < -0.4 is 5.73 Å². The molecule has 4 N–H and O–H groups in total. The molecule has 0 unspecified atom stereocenters. The van der Waals surface area contributed by atoms with Gasteiger partial charge in [-0.15, -0.1) is 0 Å². The van der Waals surface area contributed by atoms with Crippen LogP contribution in [0.15, 0.2) is 23.1 Å². The Kier molecular flexibility index (Phi) is 4.28. The molecule has 0 aliphatic rings. The molecule has 18 heavy (non-hydrogen) atoms. The number of nitrogen functional groups attached to an aromatic ring is 1. The normalized spacial score (nSPS) is 11.7. The van der Waals surface area contributed by atoms with Gasteiger partial charge in [0.2, 0.25) is 10.0 Å². The largest absolute Gasteiger partial charge is 0.478 e. The van der Waals surface area contributed by atoms with Crippen molar-refractivity contribution in [3.63, 3.8) is 0 Å². The van der Waals surface area contributed by atoms with Gasteiger partial charge in [-0.2, -0.15) is 4.31 Å². The van der Waals surface area contributed by atoms with Crippen molar-refractivity contribution in [3.8, 4) is 0 Å². The van der Waals surface area contributed by atoms with Gasteiger partial charge in [-0.1, -0.05) is 0 Å². The lowest BCUT2D eigenvalue weighted by Gasteiger charge is -2.17. The Hall–Kier alpha value is -1.64. The van der Waals surface area contributed by atoms with Crippen molar-refractivity contribution >= 4 is 21.7 Å². The van der Waals surface area contributed by atoms with Gasteiger partial charge in [-0.25, -0.2) is 13.2 Å². The monoisotopic (exact) mass is 274 g/mol. The van der Waals surface area contributed by atoms with E-state index in [-0.39, 0.29) is 29.3 Å². The lowest BCUT2D eigenvalue weighted by Crippen LogP contribution is -2.30.